The second-order valence-electron chi connectivity index (χ2n) is 10.3. The summed E-state index contributed by atoms with van der Waals surface area (Å²) >= 11 is 0. The number of carboxylic acid groups (broad SMARTS) is 1. The molecule has 0 bridgehead atoms. The highest BCUT2D eigenvalue weighted by atomic mass is 16.5. The normalized spacial score (nSPS) is 12.9. The van der Waals surface area contributed by atoms with Crippen LogP contribution in [0.3, 0.4) is 0 Å². The highest BCUT2D eigenvalue weighted by molar-refractivity contribution is 5.96. The van der Waals surface area contributed by atoms with Crippen LogP contribution in [0.2, 0.25) is 0 Å². The number of nitrogens with zero attached hydrogens (tertiary/aromatic N) is 1. The molecule has 3 aromatic rings. The zero-order chi connectivity index (χ0) is 27.8. The van der Waals surface area contributed by atoms with Crippen LogP contribution in [0.5, 0.6) is 0 Å². The van der Waals surface area contributed by atoms with E-state index in [1.165, 1.54) is 16.0 Å². The average Bonchev–Trinajstić information content (AvgIpc) is 3.26. The van der Waals surface area contributed by atoms with Crippen molar-refractivity contribution < 1.29 is 24.2 Å². The van der Waals surface area contributed by atoms with E-state index in [1.807, 2.05) is 44.2 Å². The largest absolute Gasteiger partial charge is 0.480 e. The van der Waals surface area contributed by atoms with Gasteiger partial charge in [0.2, 0.25) is 0 Å². The number of carbonyl (C=O) groups is 3. The van der Waals surface area contributed by atoms with Crippen LogP contribution in [-0.2, 0) is 9.53 Å². The van der Waals surface area contributed by atoms with Gasteiger partial charge >= 0.3 is 12.1 Å². The monoisotopic (exact) mass is 528 g/mol. The Labute approximate surface area is 229 Å². The van der Waals surface area contributed by atoms with Gasteiger partial charge in [-0.15, -0.1) is 0 Å². The second kappa shape index (κ2) is 13.1. The van der Waals surface area contributed by atoms with Gasteiger partial charge in [0.05, 0.1) is 0 Å². The van der Waals surface area contributed by atoms with E-state index in [1.54, 1.807) is 24.3 Å². The number of fused-ring (bicyclic) bond motifs is 3. The van der Waals surface area contributed by atoms with Gasteiger partial charge in [0.1, 0.15) is 12.6 Å². The van der Waals surface area contributed by atoms with Gasteiger partial charge in [-0.05, 0) is 59.6 Å². The summed E-state index contributed by atoms with van der Waals surface area (Å²) < 4.78 is 5.57. The number of hydrogen-bond acceptors (Lipinski definition) is 4. The minimum Gasteiger partial charge on any atom is -0.480 e. The first-order valence-electron chi connectivity index (χ1n) is 13.5. The summed E-state index contributed by atoms with van der Waals surface area (Å²) in [6.45, 7) is 4.88. The maximum atomic E-state index is 13.1. The number of amides is 2. The third-order valence-corrected chi connectivity index (χ3v) is 7.02. The molecule has 0 unspecified atom stereocenters. The Balaban J connectivity index is 1.26. The van der Waals surface area contributed by atoms with E-state index in [0.29, 0.717) is 37.9 Å². The molecule has 1 aliphatic carbocycles. The van der Waals surface area contributed by atoms with Crippen LogP contribution in [0.25, 0.3) is 11.1 Å². The van der Waals surface area contributed by atoms with Gasteiger partial charge in [0.15, 0.2) is 0 Å². The van der Waals surface area contributed by atoms with E-state index < -0.39 is 18.1 Å². The molecule has 2 amide bonds. The highest BCUT2D eigenvalue weighted by Gasteiger charge is 2.31. The molecule has 7 heteroatoms. The van der Waals surface area contributed by atoms with Gasteiger partial charge < -0.3 is 20.1 Å². The molecule has 4 rings (SSSR count). The fraction of sp³-hybridized carbons (Fsp3) is 0.344. The Morgan fingerprint density at radius 2 is 1.46 bits per heavy atom. The number of carboxylic acids is 1. The minimum atomic E-state index is -1.02. The summed E-state index contributed by atoms with van der Waals surface area (Å²) in [5.74, 6) is -1.19. The Morgan fingerprint density at radius 3 is 2.05 bits per heavy atom. The van der Waals surface area contributed by atoms with Crippen molar-refractivity contribution in [3.63, 3.8) is 0 Å². The van der Waals surface area contributed by atoms with Crippen molar-refractivity contribution in [2.45, 2.75) is 45.1 Å². The number of nitrogens with one attached hydrogen (secondary N) is 1. The number of alkyl carbamates (subject to hydrolysis) is 1. The molecule has 0 spiro atoms. The Bertz CT molecular complexity index is 1240. The van der Waals surface area contributed by atoms with Gasteiger partial charge in [0.25, 0.3) is 5.91 Å². The van der Waals surface area contributed by atoms with Gasteiger partial charge in [0, 0.05) is 24.6 Å². The van der Waals surface area contributed by atoms with E-state index in [-0.39, 0.29) is 24.3 Å². The van der Waals surface area contributed by atoms with E-state index in [4.69, 9.17) is 4.74 Å². The lowest BCUT2D eigenvalue weighted by Gasteiger charge is -2.30. The first-order chi connectivity index (χ1) is 18.9. The summed E-state index contributed by atoms with van der Waals surface area (Å²) in [7, 11) is 0. The van der Waals surface area contributed by atoms with Crippen LogP contribution in [0, 0.1) is 5.92 Å². The molecule has 0 saturated carbocycles. The number of hydrogen-bond donors (Lipinski definition) is 2. The predicted octanol–water partition coefficient (Wildman–Crippen LogP) is 5.95. The SMILES string of the molecule is CC(C)CN(C(=O)c1ccccc1)[C@@H](CCCCNC(=O)OCC1c2ccccc2-c2ccccc21)C(=O)O. The molecule has 0 aromatic heterocycles. The number of benzene rings is 3. The molecular weight excluding hydrogens is 492 g/mol. The van der Waals surface area contributed by atoms with Crippen LogP contribution in [0.15, 0.2) is 78.9 Å². The summed E-state index contributed by atoms with van der Waals surface area (Å²) in [6, 6.07) is 24.2. The van der Waals surface area contributed by atoms with Gasteiger partial charge in [-0.1, -0.05) is 80.6 Å². The molecule has 39 heavy (non-hydrogen) atoms. The van der Waals surface area contributed by atoms with Crippen LogP contribution in [0.4, 0.5) is 4.79 Å². The molecule has 0 heterocycles. The third kappa shape index (κ3) is 6.85. The van der Waals surface area contributed by atoms with Crippen molar-refractivity contribution in [2.24, 2.45) is 5.92 Å². The number of rotatable bonds is 12. The fourth-order valence-electron chi connectivity index (χ4n) is 5.21. The standard InChI is InChI=1S/C32H36N2O5/c1-22(2)20-34(30(35)23-12-4-3-5-13-23)29(31(36)37)18-10-11-19-33-32(38)39-21-28-26-16-8-6-14-24(26)25-15-7-9-17-27(25)28/h3-9,12-17,22,28-29H,10-11,18-21H2,1-2H3,(H,33,38)(H,36,37)/t29-/m0/s1. The Morgan fingerprint density at radius 1 is 0.872 bits per heavy atom. The lowest BCUT2D eigenvalue weighted by atomic mass is 9.98. The van der Waals surface area contributed by atoms with Crippen molar-refractivity contribution in [1.82, 2.24) is 10.2 Å². The average molecular weight is 529 g/mol. The third-order valence-electron chi connectivity index (χ3n) is 7.02. The number of carbonyl (C=O) groups excluding carboxylic acids is 2. The zero-order valence-corrected chi connectivity index (χ0v) is 22.5. The lowest BCUT2D eigenvalue weighted by Crippen LogP contribution is -2.47. The van der Waals surface area contributed by atoms with Crippen molar-refractivity contribution in [3.05, 3.63) is 95.6 Å². The smallest absolute Gasteiger partial charge is 0.407 e. The second-order valence-corrected chi connectivity index (χ2v) is 10.3. The minimum absolute atomic E-state index is 0.00596. The first-order valence-corrected chi connectivity index (χ1v) is 13.5. The van der Waals surface area contributed by atoms with Crippen LogP contribution in [-0.4, -0.2) is 53.7 Å². The molecule has 3 aromatic carbocycles. The number of aliphatic carboxylic acids is 1. The predicted molar refractivity (Wildman–Crippen MR) is 151 cm³/mol. The van der Waals surface area contributed by atoms with Gasteiger partial charge in [-0.2, -0.15) is 0 Å². The molecule has 0 radical (unpaired) electrons. The quantitative estimate of drug-likeness (QED) is 0.283. The van der Waals surface area contributed by atoms with Crippen LogP contribution < -0.4 is 5.32 Å². The summed E-state index contributed by atoms with van der Waals surface area (Å²) in [6.07, 6.45) is 0.917. The van der Waals surface area contributed by atoms with Crippen LogP contribution in [0.1, 0.15) is 60.5 Å². The Kier molecular flexibility index (Phi) is 9.36. The molecule has 0 fully saturated rings. The van der Waals surface area contributed by atoms with E-state index in [0.717, 1.165) is 11.1 Å². The summed E-state index contributed by atoms with van der Waals surface area (Å²) in [4.78, 5) is 39.1. The maximum Gasteiger partial charge on any atom is 0.407 e. The molecule has 7 nitrogen and oxygen atoms in total. The van der Waals surface area contributed by atoms with E-state index in [9.17, 15) is 19.5 Å². The maximum absolute atomic E-state index is 13.1. The molecule has 0 saturated heterocycles. The zero-order valence-electron chi connectivity index (χ0n) is 22.5. The lowest BCUT2D eigenvalue weighted by molar-refractivity contribution is -0.142. The molecule has 2 N–H and O–H groups in total. The molecule has 204 valence electrons. The summed E-state index contributed by atoms with van der Waals surface area (Å²) in [5.41, 5.74) is 5.13. The van der Waals surface area contributed by atoms with Crippen molar-refractivity contribution in [1.29, 1.82) is 0 Å². The first kappa shape index (κ1) is 27.9. The highest BCUT2D eigenvalue weighted by Crippen LogP contribution is 2.44. The topological polar surface area (TPSA) is 95.9 Å². The molecular formula is C32H36N2O5. The van der Waals surface area contributed by atoms with Crippen molar-refractivity contribution >= 4 is 18.0 Å². The van der Waals surface area contributed by atoms with E-state index in [2.05, 4.69) is 29.6 Å². The van der Waals surface area contributed by atoms with Crippen molar-refractivity contribution in [3.8, 4) is 11.1 Å². The van der Waals surface area contributed by atoms with Gasteiger partial charge in [-0.25, -0.2) is 9.59 Å². The molecule has 0 aliphatic heterocycles. The fourth-order valence-corrected chi connectivity index (χ4v) is 5.21. The Hall–Kier alpha value is -4.13. The van der Waals surface area contributed by atoms with Crippen LogP contribution >= 0.6 is 0 Å². The number of ether oxygens (including phenoxy) is 1. The molecule has 1 aliphatic rings. The van der Waals surface area contributed by atoms with E-state index >= 15 is 0 Å². The summed E-state index contributed by atoms with van der Waals surface area (Å²) in [5, 5.41) is 12.7. The number of unbranched alkanes of at least 4 members (excludes halogenated alkanes) is 1. The van der Waals surface area contributed by atoms with Gasteiger partial charge in [-0.3, -0.25) is 4.79 Å². The van der Waals surface area contributed by atoms with Crippen molar-refractivity contribution in [2.75, 3.05) is 19.7 Å². The molecule has 1 atom stereocenters.